The van der Waals surface area contributed by atoms with Gasteiger partial charge in [0.2, 0.25) is 5.91 Å². The highest BCUT2D eigenvalue weighted by Crippen LogP contribution is 2.40. The molecule has 2 heterocycles. The maximum absolute atomic E-state index is 12.8. The lowest BCUT2D eigenvalue weighted by Gasteiger charge is -2.48. The molecule has 0 aromatic rings. The number of rotatable bonds is 3. The van der Waals surface area contributed by atoms with Crippen molar-refractivity contribution >= 4 is 11.9 Å². The van der Waals surface area contributed by atoms with Gasteiger partial charge in [-0.15, -0.1) is 0 Å². The number of hydrogen-bond donors (Lipinski definition) is 1. The SMILES string of the molecule is O=C1CCC2(CCCN(C(=O)NC3CCCCC3)C2)CN1CC1CC1. The molecule has 4 rings (SSSR count). The number of likely N-dealkylation sites (tertiary alicyclic amines) is 2. The first-order valence-corrected chi connectivity index (χ1v) is 10.5. The molecule has 0 bridgehead atoms. The first kappa shape index (κ1) is 17.2. The molecule has 140 valence electrons. The lowest BCUT2D eigenvalue weighted by molar-refractivity contribution is -0.139. The molecule has 3 amide bonds. The normalized spacial score (nSPS) is 31.4. The highest BCUT2D eigenvalue weighted by molar-refractivity contribution is 5.77. The number of piperidine rings is 2. The summed E-state index contributed by atoms with van der Waals surface area (Å²) in [4.78, 5) is 29.2. The fraction of sp³-hybridized carbons (Fsp3) is 0.900. The van der Waals surface area contributed by atoms with E-state index < -0.39 is 0 Å². The van der Waals surface area contributed by atoms with Crippen LogP contribution in [0.4, 0.5) is 4.79 Å². The van der Waals surface area contributed by atoms with E-state index >= 15 is 0 Å². The van der Waals surface area contributed by atoms with Crippen molar-refractivity contribution in [2.75, 3.05) is 26.2 Å². The van der Waals surface area contributed by atoms with Gasteiger partial charge in [0.05, 0.1) is 0 Å². The molecule has 5 nitrogen and oxygen atoms in total. The summed E-state index contributed by atoms with van der Waals surface area (Å²) in [5.74, 6) is 1.08. The second-order valence-corrected chi connectivity index (χ2v) is 9.03. The molecule has 2 saturated carbocycles. The third-order valence-electron chi connectivity index (χ3n) is 6.81. The van der Waals surface area contributed by atoms with Crippen molar-refractivity contribution in [2.45, 2.75) is 76.7 Å². The molecule has 0 radical (unpaired) electrons. The summed E-state index contributed by atoms with van der Waals surface area (Å²) < 4.78 is 0. The first-order valence-electron chi connectivity index (χ1n) is 10.5. The maximum Gasteiger partial charge on any atom is 0.317 e. The number of carbonyl (C=O) groups excluding carboxylic acids is 2. The third kappa shape index (κ3) is 4.12. The van der Waals surface area contributed by atoms with E-state index in [-0.39, 0.29) is 11.4 Å². The number of hydrogen-bond acceptors (Lipinski definition) is 2. The van der Waals surface area contributed by atoms with E-state index in [9.17, 15) is 9.59 Å². The van der Waals surface area contributed by atoms with E-state index in [2.05, 4.69) is 10.2 Å². The molecule has 0 aromatic carbocycles. The predicted molar refractivity (Wildman–Crippen MR) is 97.2 cm³/mol. The fourth-order valence-electron chi connectivity index (χ4n) is 5.11. The topological polar surface area (TPSA) is 52.7 Å². The summed E-state index contributed by atoms with van der Waals surface area (Å²) in [7, 11) is 0. The average Bonchev–Trinajstić information content (AvgIpc) is 3.44. The summed E-state index contributed by atoms with van der Waals surface area (Å²) >= 11 is 0. The van der Waals surface area contributed by atoms with E-state index in [4.69, 9.17) is 0 Å². The Labute approximate surface area is 151 Å². The summed E-state index contributed by atoms with van der Waals surface area (Å²) in [5.41, 5.74) is 0.144. The molecule has 2 aliphatic heterocycles. The van der Waals surface area contributed by atoms with Crippen LogP contribution in [0.1, 0.15) is 70.6 Å². The highest BCUT2D eigenvalue weighted by atomic mass is 16.2. The zero-order chi connectivity index (χ0) is 17.3. The highest BCUT2D eigenvalue weighted by Gasteiger charge is 2.43. The van der Waals surface area contributed by atoms with Gasteiger partial charge < -0.3 is 15.1 Å². The summed E-state index contributed by atoms with van der Waals surface area (Å²) in [6.07, 6.45) is 12.5. The van der Waals surface area contributed by atoms with Crippen LogP contribution in [-0.4, -0.2) is 54.0 Å². The van der Waals surface area contributed by atoms with Crippen LogP contribution < -0.4 is 5.32 Å². The second-order valence-electron chi connectivity index (χ2n) is 9.03. The number of nitrogens with zero attached hydrogens (tertiary/aromatic N) is 2. The van der Waals surface area contributed by atoms with Gasteiger partial charge >= 0.3 is 6.03 Å². The fourth-order valence-corrected chi connectivity index (χ4v) is 5.11. The predicted octanol–water partition coefficient (Wildman–Crippen LogP) is 3.14. The van der Waals surface area contributed by atoms with Crippen LogP contribution in [0.3, 0.4) is 0 Å². The van der Waals surface area contributed by atoms with Gasteiger partial charge in [0.15, 0.2) is 0 Å². The second kappa shape index (κ2) is 7.16. The van der Waals surface area contributed by atoms with Gasteiger partial charge in [0.1, 0.15) is 0 Å². The molecule has 25 heavy (non-hydrogen) atoms. The van der Waals surface area contributed by atoms with Crippen molar-refractivity contribution in [1.82, 2.24) is 15.1 Å². The van der Waals surface area contributed by atoms with Crippen LogP contribution in [0.2, 0.25) is 0 Å². The molecule has 4 aliphatic rings. The molecular weight excluding hydrogens is 314 g/mol. The minimum absolute atomic E-state index is 0.136. The molecule has 5 heteroatoms. The number of urea groups is 1. The summed E-state index contributed by atoms with van der Waals surface area (Å²) in [6.45, 7) is 3.53. The van der Waals surface area contributed by atoms with Crippen molar-refractivity contribution in [3.8, 4) is 0 Å². The Bertz CT molecular complexity index is 513. The molecule has 1 spiro atoms. The van der Waals surface area contributed by atoms with Crippen LogP contribution in [-0.2, 0) is 4.79 Å². The summed E-state index contributed by atoms with van der Waals surface area (Å²) in [6, 6.07) is 0.509. The minimum atomic E-state index is 0.136. The lowest BCUT2D eigenvalue weighted by Crippen LogP contribution is -2.57. The molecule has 1 N–H and O–H groups in total. The van der Waals surface area contributed by atoms with Gasteiger partial charge in [-0.1, -0.05) is 19.3 Å². The molecule has 2 aliphatic carbocycles. The Hall–Kier alpha value is -1.26. The van der Waals surface area contributed by atoms with Crippen molar-refractivity contribution in [3.63, 3.8) is 0 Å². The van der Waals surface area contributed by atoms with Crippen molar-refractivity contribution in [2.24, 2.45) is 11.3 Å². The van der Waals surface area contributed by atoms with Gasteiger partial charge in [0.25, 0.3) is 0 Å². The summed E-state index contributed by atoms with van der Waals surface area (Å²) in [5, 5.41) is 3.28. The van der Waals surface area contributed by atoms with Gasteiger partial charge in [-0.25, -0.2) is 4.79 Å². The van der Waals surface area contributed by atoms with Crippen LogP contribution in [0.5, 0.6) is 0 Å². The smallest absolute Gasteiger partial charge is 0.317 e. The first-order chi connectivity index (χ1) is 12.1. The maximum atomic E-state index is 12.8. The Kier molecular flexibility index (Phi) is 4.92. The Morgan fingerprint density at radius 2 is 1.84 bits per heavy atom. The van der Waals surface area contributed by atoms with E-state index in [1.807, 2.05) is 4.90 Å². The molecule has 0 aromatic heterocycles. The minimum Gasteiger partial charge on any atom is -0.342 e. The standard InChI is InChI=1S/C20H33N3O2/c24-18-9-11-20(15-23(18)13-16-7-8-16)10-4-12-22(14-20)19(25)21-17-5-2-1-3-6-17/h16-17H,1-15H2,(H,21,25). The largest absolute Gasteiger partial charge is 0.342 e. The van der Waals surface area contributed by atoms with Crippen LogP contribution in [0, 0.1) is 11.3 Å². The zero-order valence-electron chi connectivity index (χ0n) is 15.5. The van der Waals surface area contributed by atoms with Crippen molar-refractivity contribution in [1.29, 1.82) is 0 Å². The zero-order valence-corrected chi connectivity index (χ0v) is 15.5. The van der Waals surface area contributed by atoms with E-state index in [1.165, 1.54) is 32.1 Å². The third-order valence-corrected chi connectivity index (χ3v) is 6.81. The van der Waals surface area contributed by atoms with Crippen LogP contribution in [0.25, 0.3) is 0 Å². The molecule has 1 unspecified atom stereocenters. The van der Waals surface area contributed by atoms with E-state index in [0.29, 0.717) is 18.4 Å². The van der Waals surface area contributed by atoms with Gasteiger partial charge in [0, 0.05) is 44.1 Å². The van der Waals surface area contributed by atoms with E-state index in [0.717, 1.165) is 64.2 Å². The molecule has 1 atom stereocenters. The van der Waals surface area contributed by atoms with Gasteiger partial charge in [-0.2, -0.15) is 0 Å². The Balaban J connectivity index is 1.35. The monoisotopic (exact) mass is 347 g/mol. The molecular formula is C20H33N3O2. The average molecular weight is 348 g/mol. The molecule has 2 saturated heterocycles. The van der Waals surface area contributed by atoms with Crippen LogP contribution >= 0.6 is 0 Å². The number of amides is 3. The molecule has 4 fully saturated rings. The Morgan fingerprint density at radius 3 is 2.60 bits per heavy atom. The van der Waals surface area contributed by atoms with Crippen molar-refractivity contribution < 1.29 is 9.59 Å². The number of nitrogens with one attached hydrogen (secondary N) is 1. The quantitative estimate of drug-likeness (QED) is 0.853. The van der Waals surface area contributed by atoms with Gasteiger partial charge in [-0.3, -0.25) is 4.79 Å². The Morgan fingerprint density at radius 1 is 1.04 bits per heavy atom. The van der Waals surface area contributed by atoms with Crippen LogP contribution in [0.15, 0.2) is 0 Å². The van der Waals surface area contributed by atoms with E-state index in [1.54, 1.807) is 0 Å². The van der Waals surface area contributed by atoms with Crippen molar-refractivity contribution in [3.05, 3.63) is 0 Å². The number of carbonyl (C=O) groups is 2. The van der Waals surface area contributed by atoms with Gasteiger partial charge in [-0.05, 0) is 50.9 Å². The lowest BCUT2D eigenvalue weighted by atomic mass is 9.73.